The molecule has 2 N–H and O–H groups in total. The van der Waals surface area contributed by atoms with Gasteiger partial charge in [-0.15, -0.1) is 0 Å². The molecule has 0 radical (unpaired) electrons. The van der Waals surface area contributed by atoms with Gasteiger partial charge in [0.15, 0.2) is 0 Å². The number of hydrogen-bond donors (Lipinski definition) is 2. The zero-order valence-electron chi connectivity index (χ0n) is 11.5. The zero-order valence-corrected chi connectivity index (χ0v) is 13.1. The second-order valence-electron chi connectivity index (χ2n) is 4.57. The van der Waals surface area contributed by atoms with E-state index in [0.29, 0.717) is 11.3 Å². The lowest BCUT2D eigenvalue weighted by molar-refractivity contribution is -0.114. The van der Waals surface area contributed by atoms with Gasteiger partial charge >= 0.3 is 0 Å². The van der Waals surface area contributed by atoms with Gasteiger partial charge < -0.3 is 10.6 Å². The highest BCUT2D eigenvalue weighted by molar-refractivity contribution is 9.10. The number of carbonyl (C=O) groups excluding carboxylic acids is 1. The summed E-state index contributed by atoms with van der Waals surface area (Å²) in [5.74, 6) is -0.146. The van der Waals surface area contributed by atoms with Crippen molar-refractivity contribution in [3.63, 3.8) is 0 Å². The molecule has 5 heteroatoms. The minimum atomic E-state index is -0.146. The Balaban J connectivity index is 1.91. The summed E-state index contributed by atoms with van der Waals surface area (Å²) >= 11 is 3.46. The molecule has 0 unspecified atom stereocenters. The van der Waals surface area contributed by atoms with Gasteiger partial charge in [-0.2, -0.15) is 5.26 Å². The molecule has 21 heavy (non-hydrogen) atoms. The molecule has 2 aromatic carbocycles. The Morgan fingerprint density at radius 2 is 1.95 bits per heavy atom. The van der Waals surface area contributed by atoms with Crippen LogP contribution in [0.4, 0.5) is 11.4 Å². The van der Waals surface area contributed by atoms with Crippen molar-refractivity contribution >= 4 is 33.2 Å². The molecule has 0 aliphatic rings. The summed E-state index contributed by atoms with van der Waals surface area (Å²) in [5.41, 5.74) is 3.25. The number of carbonyl (C=O) groups is 1. The Morgan fingerprint density at radius 3 is 2.57 bits per heavy atom. The van der Waals surface area contributed by atoms with E-state index in [1.54, 1.807) is 24.3 Å². The zero-order chi connectivity index (χ0) is 15.2. The van der Waals surface area contributed by atoms with E-state index < -0.39 is 0 Å². The number of nitrogens with zero attached hydrogens (tertiary/aromatic N) is 1. The third kappa shape index (κ3) is 4.33. The first kappa shape index (κ1) is 15.1. The summed E-state index contributed by atoms with van der Waals surface area (Å²) < 4.78 is 0.925. The summed E-state index contributed by atoms with van der Waals surface area (Å²) in [6, 6.07) is 14.7. The molecule has 0 fully saturated rings. The lowest BCUT2D eigenvalue weighted by Gasteiger charge is -2.10. The van der Waals surface area contributed by atoms with Crippen LogP contribution >= 0.6 is 15.9 Å². The molecular weight excluding hydrogens is 330 g/mol. The van der Waals surface area contributed by atoms with Gasteiger partial charge in [0.2, 0.25) is 5.91 Å². The predicted molar refractivity (Wildman–Crippen MR) is 87.2 cm³/mol. The van der Waals surface area contributed by atoms with Crippen LogP contribution in [0, 0.1) is 18.3 Å². The van der Waals surface area contributed by atoms with Crippen molar-refractivity contribution in [1.29, 1.82) is 5.26 Å². The second-order valence-corrected chi connectivity index (χ2v) is 5.43. The first-order valence-electron chi connectivity index (χ1n) is 6.38. The van der Waals surface area contributed by atoms with E-state index >= 15 is 0 Å². The Labute approximate surface area is 131 Å². The van der Waals surface area contributed by atoms with Gasteiger partial charge in [0.05, 0.1) is 18.2 Å². The third-order valence-electron chi connectivity index (χ3n) is 2.86. The van der Waals surface area contributed by atoms with E-state index in [9.17, 15) is 4.79 Å². The summed E-state index contributed by atoms with van der Waals surface area (Å²) in [6.07, 6.45) is 0. The molecule has 2 rings (SSSR count). The van der Waals surface area contributed by atoms with Crippen LogP contribution in [-0.2, 0) is 4.79 Å². The minimum Gasteiger partial charge on any atom is -0.375 e. The largest absolute Gasteiger partial charge is 0.375 e. The summed E-state index contributed by atoms with van der Waals surface area (Å²) in [4.78, 5) is 11.9. The minimum absolute atomic E-state index is 0.146. The summed E-state index contributed by atoms with van der Waals surface area (Å²) in [6.45, 7) is 2.17. The van der Waals surface area contributed by atoms with Crippen molar-refractivity contribution in [2.24, 2.45) is 0 Å². The van der Waals surface area contributed by atoms with E-state index in [-0.39, 0.29) is 12.5 Å². The summed E-state index contributed by atoms with van der Waals surface area (Å²) in [5, 5.41) is 14.6. The highest BCUT2D eigenvalue weighted by Gasteiger charge is 2.04. The third-order valence-corrected chi connectivity index (χ3v) is 3.52. The Bertz CT molecular complexity index is 690. The van der Waals surface area contributed by atoms with Gasteiger partial charge in [-0.05, 0) is 64.8 Å². The fourth-order valence-electron chi connectivity index (χ4n) is 1.77. The Morgan fingerprint density at radius 1 is 1.24 bits per heavy atom. The molecule has 0 heterocycles. The lowest BCUT2D eigenvalue weighted by Crippen LogP contribution is -2.21. The van der Waals surface area contributed by atoms with Gasteiger partial charge in [0, 0.05) is 15.8 Å². The molecule has 0 spiro atoms. The molecular formula is C16H14BrN3O. The number of amides is 1. The van der Waals surface area contributed by atoms with Gasteiger partial charge in [-0.1, -0.05) is 6.07 Å². The van der Waals surface area contributed by atoms with Crippen molar-refractivity contribution in [3.05, 3.63) is 58.1 Å². The molecule has 4 nitrogen and oxygen atoms in total. The van der Waals surface area contributed by atoms with Crippen LogP contribution in [0.5, 0.6) is 0 Å². The van der Waals surface area contributed by atoms with E-state index in [4.69, 9.17) is 5.26 Å². The fraction of sp³-hybridized carbons (Fsp3) is 0.125. The highest BCUT2D eigenvalue weighted by Crippen LogP contribution is 2.23. The number of halogens is 1. The number of benzene rings is 2. The van der Waals surface area contributed by atoms with Gasteiger partial charge in [0.25, 0.3) is 0 Å². The van der Waals surface area contributed by atoms with E-state index in [0.717, 1.165) is 15.7 Å². The number of anilines is 2. The number of hydrogen-bond acceptors (Lipinski definition) is 3. The SMILES string of the molecule is Cc1ccc(NCC(=O)Nc2ccc(C#N)cc2)c(Br)c1. The first-order valence-corrected chi connectivity index (χ1v) is 7.18. The van der Waals surface area contributed by atoms with Crippen molar-refractivity contribution < 1.29 is 4.79 Å². The van der Waals surface area contributed by atoms with Gasteiger partial charge in [-0.3, -0.25) is 4.79 Å². The van der Waals surface area contributed by atoms with Crippen LogP contribution in [0.3, 0.4) is 0 Å². The first-order chi connectivity index (χ1) is 10.1. The van der Waals surface area contributed by atoms with E-state index in [2.05, 4.69) is 26.6 Å². The average Bonchev–Trinajstić information content (AvgIpc) is 2.47. The van der Waals surface area contributed by atoms with Crippen molar-refractivity contribution in [1.82, 2.24) is 0 Å². The van der Waals surface area contributed by atoms with Gasteiger partial charge in [-0.25, -0.2) is 0 Å². The molecule has 0 atom stereocenters. The van der Waals surface area contributed by atoms with Crippen molar-refractivity contribution in [2.45, 2.75) is 6.92 Å². The number of nitrogens with one attached hydrogen (secondary N) is 2. The standard InChI is InChI=1S/C16H14BrN3O/c1-11-2-7-15(14(17)8-11)19-10-16(21)20-13-5-3-12(9-18)4-6-13/h2-8,19H,10H2,1H3,(H,20,21). The van der Waals surface area contributed by atoms with Gasteiger partial charge in [0.1, 0.15) is 0 Å². The highest BCUT2D eigenvalue weighted by atomic mass is 79.9. The topological polar surface area (TPSA) is 64.9 Å². The van der Waals surface area contributed by atoms with Crippen LogP contribution < -0.4 is 10.6 Å². The molecule has 0 bridgehead atoms. The molecule has 0 aliphatic carbocycles. The normalized spacial score (nSPS) is 9.76. The number of nitriles is 1. The second kappa shape index (κ2) is 6.91. The molecule has 106 valence electrons. The van der Waals surface area contributed by atoms with Crippen LogP contribution in [-0.4, -0.2) is 12.5 Å². The predicted octanol–water partition coefficient (Wildman–Crippen LogP) is 3.68. The summed E-state index contributed by atoms with van der Waals surface area (Å²) in [7, 11) is 0. The van der Waals surface area contributed by atoms with Crippen LogP contribution in [0.15, 0.2) is 46.9 Å². The van der Waals surface area contributed by atoms with Crippen LogP contribution in [0.1, 0.15) is 11.1 Å². The smallest absolute Gasteiger partial charge is 0.243 e. The molecule has 0 aromatic heterocycles. The average molecular weight is 344 g/mol. The van der Waals surface area contributed by atoms with Crippen molar-refractivity contribution in [2.75, 3.05) is 17.2 Å². The maximum absolute atomic E-state index is 11.9. The van der Waals surface area contributed by atoms with E-state index in [1.165, 1.54) is 0 Å². The fourth-order valence-corrected chi connectivity index (χ4v) is 2.41. The molecule has 0 aliphatic heterocycles. The number of aryl methyl sites for hydroxylation is 1. The Kier molecular flexibility index (Phi) is 4.96. The molecule has 0 saturated heterocycles. The van der Waals surface area contributed by atoms with Crippen LogP contribution in [0.2, 0.25) is 0 Å². The Hall–Kier alpha value is -2.32. The maximum Gasteiger partial charge on any atom is 0.243 e. The van der Waals surface area contributed by atoms with E-state index in [1.807, 2.05) is 31.2 Å². The van der Waals surface area contributed by atoms with Crippen molar-refractivity contribution in [3.8, 4) is 6.07 Å². The monoisotopic (exact) mass is 343 g/mol. The maximum atomic E-state index is 11.9. The lowest BCUT2D eigenvalue weighted by atomic mass is 10.2. The molecule has 0 saturated carbocycles. The molecule has 1 amide bonds. The quantitative estimate of drug-likeness (QED) is 0.889. The van der Waals surface area contributed by atoms with Crippen LogP contribution in [0.25, 0.3) is 0 Å². The molecule has 2 aromatic rings. The number of rotatable bonds is 4.